The summed E-state index contributed by atoms with van der Waals surface area (Å²) in [6, 6.07) is 16.6. The van der Waals surface area contributed by atoms with Crippen molar-refractivity contribution >= 4 is 10.9 Å². The highest BCUT2D eigenvalue weighted by Crippen LogP contribution is 2.40. The maximum absolute atomic E-state index is 13.5. The Morgan fingerprint density at radius 3 is 2.39 bits per heavy atom. The lowest BCUT2D eigenvalue weighted by molar-refractivity contribution is 0.0478. The van der Waals surface area contributed by atoms with Gasteiger partial charge in [-0.25, -0.2) is 4.79 Å². The smallest absolute Gasteiger partial charge is 0.331 e. The molecule has 2 aromatic carbocycles. The molecule has 0 amide bonds. The van der Waals surface area contributed by atoms with Crippen molar-refractivity contribution < 1.29 is 4.74 Å². The monoisotopic (exact) mass is 443 g/mol. The van der Waals surface area contributed by atoms with Crippen molar-refractivity contribution in [1.29, 1.82) is 0 Å². The minimum Gasteiger partial charge on any atom is -0.365 e. The van der Waals surface area contributed by atoms with Gasteiger partial charge in [0.15, 0.2) is 0 Å². The highest BCUT2D eigenvalue weighted by molar-refractivity contribution is 5.96. The van der Waals surface area contributed by atoms with Gasteiger partial charge in [0, 0.05) is 20.6 Å². The van der Waals surface area contributed by atoms with Crippen molar-refractivity contribution in [2.24, 2.45) is 14.1 Å². The Bertz CT molecular complexity index is 1490. The van der Waals surface area contributed by atoms with E-state index in [0.717, 1.165) is 28.1 Å². The van der Waals surface area contributed by atoms with Crippen molar-refractivity contribution in [3.05, 3.63) is 91.8 Å². The fourth-order valence-corrected chi connectivity index (χ4v) is 4.98. The predicted molar refractivity (Wildman–Crippen MR) is 131 cm³/mol. The largest absolute Gasteiger partial charge is 0.365 e. The molecule has 0 bridgehead atoms. The average molecular weight is 444 g/mol. The second kappa shape index (κ2) is 7.89. The lowest BCUT2D eigenvalue weighted by Gasteiger charge is -2.28. The minimum atomic E-state index is -0.362. The molecule has 33 heavy (non-hydrogen) atoms. The summed E-state index contributed by atoms with van der Waals surface area (Å²) in [5, 5.41) is 0.564. The summed E-state index contributed by atoms with van der Waals surface area (Å²) in [6.45, 7) is 7.53. The van der Waals surface area contributed by atoms with Crippen molar-refractivity contribution in [3.8, 4) is 11.3 Å². The first kappa shape index (κ1) is 21.5. The van der Waals surface area contributed by atoms with E-state index < -0.39 is 0 Å². The molecule has 0 saturated heterocycles. The van der Waals surface area contributed by atoms with Gasteiger partial charge >= 0.3 is 5.69 Å². The lowest BCUT2D eigenvalue weighted by Crippen LogP contribution is -2.37. The van der Waals surface area contributed by atoms with Gasteiger partial charge in [-0.15, -0.1) is 0 Å². The first-order valence-corrected chi connectivity index (χ1v) is 11.4. The van der Waals surface area contributed by atoms with Gasteiger partial charge in [-0.1, -0.05) is 61.9 Å². The Labute approximate surface area is 192 Å². The third-order valence-corrected chi connectivity index (χ3v) is 6.75. The fourth-order valence-electron chi connectivity index (χ4n) is 4.98. The molecule has 1 aliphatic rings. The zero-order valence-corrected chi connectivity index (χ0v) is 19.8. The summed E-state index contributed by atoms with van der Waals surface area (Å²) in [6.07, 6.45) is -0.362. The molecule has 1 atom stereocenters. The number of ether oxygens (including phenoxy) is 1. The van der Waals surface area contributed by atoms with E-state index in [9.17, 15) is 9.59 Å². The Kier molecular flexibility index (Phi) is 5.13. The van der Waals surface area contributed by atoms with Crippen LogP contribution >= 0.6 is 0 Å². The number of hydrogen-bond acceptors (Lipinski definition) is 3. The van der Waals surface area contributed by atoms with Crippen LogP contribution in [0.4, 0.5) is 0 Å². The molecular weight excluding hydrogens is 414 g/mol. The molecule has 0 saturated carbocycles. The van der Waals surface area contributed by atoms with E-state index in [1.165, 1.54) is 10.1 Å². The van der Waals surface area contributed by atoms with Crippen LogP contribution in [0.25, 0.3) is 22.2 Å². The Balaban J connectivity index is 1.87. The van der Waals surface area contributed by atoms with Gasteiger partial charge in [0.2, 0.25) is 0 Å². The molecule has 5 rings (SSSR count). The molecule has 0 unspecified atom stereocenters. The summed E-state index contributed by atoms with van der Waals surface area (Å²) in [4.78, 5) is 26.4. The average Bonchev–Trinajstić information content (AvgIpc) is 3.17. The number of aromatic nitrogens is 3. The summed E-state index contributed by atoms with van der Waals surface area (Å²) in [5.41, 5.74) is 6.12. The third kappa shape index (κ3) is 3.28. The zero-order chi connectivity index (χ0) is 23.4. The number of benzene rings is 2. The van der Waals surface area contributed by atoms with Gasteiger partial charge in [0.05, 0.1) is 28.9 Å². The van der Waals surface area contributed by atoms with Gasteiger partial charge in [-0.3, -0.25) is 13.9 Å². The van der Waals surface area contributed by atoms with Crippen molar-refractivity contribution in [1.82, 2.24) is 13.7 Å². The minimum absolute atomic E-state index is 0.277. The van der Waals surface area contributed by atoms with Crippen LogP contribution in [-0.2, 0) is 25.4 Å². The van der Waals surface area contributed by atoms with Crippen LogP contribution < -0.4 is 11.2 Å². The molecule has 4 aromatic rings. The molecule has 3 heterocycles. The van der Waals surface area contributed by atoms with E-state index in [0.29, 0.717) is 30.0 Å². The summed E-state index contributed by atoms with van der Waals surface area (Å²) < 4.78 is 11.3. The summed E-state index contributed by atoms with van der Waals surface area (Å²) in [5.74, 6) is 0.438. The first-order valence-electron chi connectivity index (χ1n) is 11.4. The quantitative estimate of drug-likeness (QED) is 0.476. The van der Waals surface area contributed by atoms with Crippen LogP contribution in [0.15, 0.2) is 58.1 Å². The second-order valence-electron chi connectivity index (χ2n) is 9.26. The number of hydrogen-bond donors (Lipinski definition) is 0. The first-order chi connectivity index (χ1) is 15.8. The molecule has 6 heteroatoms. The van der Waals surface area contributed by atoms with Crippen molar-refractivity contribution in [3.63, 3.8) is 0 Å². The van der Waals surface area contributed by atoms with Gasteiger partial charge < -0.3 is 9.30 Å². The number of rotatable bonds is 3. The summed E-state index contributed by atoms with van der Waals surface area (Å²) >= 11 is 0. The van der Waals surface area contributed by atoms with E-state index in [1.54, 1.807) is 18.7 Å². The van der Waals surface area contributed by atoms with Crippen LogP contribution in [0.3, 0.4) is 0 Å². The molecule has 0 spiro atoms. The van der Waals surface area contributed by atoms with Crippen LogP contribution in [0.2, 0.25) is 0 Å². The molecule has 170 valence electrons. The van der Waals surface area contributed by atoms with E-state index in [1.807, 2.05) is 25.1 Å². The van der Waals surface area contributed by atoms with Crippen LogP contribution in [0, 0.1) is 6.92 Å². The number of fused-ring (bicyclic) bond motifs is 3. The molecule has 0 N–H and O–H groups in total. The molecule has 2 aromatic heterocycles. The van der Waals surface area contributed by atoms with E-state index in [4.69, 9.17) is 4.74 Å². The Hall–Kier alpha value is -3.38. The van der Waals surface area contributed by atoms with Gasteiger partial charge in [-0.05, 0) is 35.6 Å². The highest BCUT2D eigenvalue weighted by atomic mass is 16.5. The highest BCUT2D eigenvalue weighted by Gasteiger charge is 2.33. The van der Waals surface area contributed by atoms with Crippen molar-refractivity contribution in [2.45, 2.75) is 39.3 Å². The zero-order valence-electron chi connectivity index (χ0n) is 19.8. The standard InChI is InChI=1S/C27H29N3O3/c1-16(2)18-9-11-19(12-10-18)25-24-23-21(26(31)29(5)27(32)28(23)4)22(30(24)13-14-33-25)20-8-6-7-17(3)15-20/h6-12,15-16,25H,13-14H2,1-5H3/t25-/m0/s1. The molecule has 6 nitrogen and oxygen atoms in total. The molecular formula is C27H29N3O3. The Morgan fingerprint density at radius 1 is 1.00 bits per heavy atom. The predicted octanol–water partition coefficient (Wildman–Crippen LogP) is 4.26. The fraction of sp³-hybridized carbons (Fsp3) is 0.333. The number of aryl methyl sites for hydroxylation is 2. The SMILES string of the molecule is Cc1cccc(-c2c3c(=O)n(C)c(=O)n(C)c3c3n2CCO[C@H]3c2ccc(C(C)C)cc2)c1. The normalized spacial score (nSPS) is 15.9. The maximum Gasteiger partial charge on any atom is 0.331 e. The third-order valence-electron chi connectivity index (χ3n) is 6.75. The molecule has 0 fully saturated rings. The van der Waals surface area contributed by atoms with E-state index in [2.05, 4.69) is 48.7 Å². The van der Waals surface area contributed by atoms with Crippen LogP contribution in [0.1, 0.15) is 48.3 Å². The molecule has 0 aliphatic carbocycles. The molecule has 1 aliphatic heterocycles. The Morgan fingerprint density at radius 2 is 1.73 bits per heavy atom. The summed E-state index contributed by atoms with van der Waals surface area (Å²) in [7, 11) is 3.28. The maximum atomic E-state index is 13.5. The van der Waals surface area contributed by atoms with Gasteiger partial charge in [0.25, 0.3) is 5.56 Å². The molecule has 0 radical (unpaired) electrons. The van der Waals surface area contributed by atoms with Gasteiger partial charge in [-0.2, -0.15) is 0 Å². The second-order valence-corrected chi connectivity index (χ2v) is 9.26. The van der Waals surface area contributed by atoms with Crippen LogP contribution in [0.5, 0.6) is 0 Å². The number of nitrogens with zero attached hydrogens (tertiary/aromatic N) is 3. The van der Waals surface area contributed by atoms with E-state index in [-0.39, 0.29) is 17.4 Å². The van der Waals surface area contributed by atoms with Crippen LogP contribution in [-0.4, -0.2) is 20.3 Å². The van der Waals surface area contributed by atoms with Gasteiger partial charge in [0.1, 0.15) is 6.10 Å². The topological polar surface area (TPSA) is 58.2 Å². The lowest BCUT2D eigenvalue weighted by atomic mass is 9.98. The van der Waals surface area contributed by atoms with E-state index >= 15 is 0 Å². The van der Waals surface area contributed by atoms with Crippen molar-refractivity contribution in [2.75, 3.05) is 6.61 Å².